The first-order chi connectivity index (χ1) is 7.62. The Morgan fingerprint density at radius 1 is 1.18 bits per heavy atom. The summed E-state index contributed by atoms with van der Waals surface area (Å²) in [5.41, 5.74) is -0.494. The summed E-state index contributed by atoms with van der Waals surface area (Å²) in [4.78, 5) is 31.4. The predicted molar refractivity (Wildman–Crippen MR) is 66.4 cm³/mol. The van der Waals surface area contributed by atoms with E-state index in [-0.39, 0.29) is 18.0 Å². The molecule has 1 radical (unpaired) electrons. The van der Waals surface area contributed by atoms with Gasteiger partial charge in [0.25, 0.3) is 0 Å². The molecule has 17 heavy (non-hydrogen) atoms. The second-order valence-electron chi connectivity index (χ2n) is 4.61. The smallest absolute Gasteiger partial charge is 0.313 e. The van der Waals surface area contributed by atoms with Crippen LogP contribution in [0.25, 0.3) is 0 Å². The van der Waals surface area contributed by atoms with Gasteiger partial charge in [-0.05, 0) is 34.6 Å². The molecular weight excluding hydrogens is 220 g/mol. The normalized spacial score (nSPS) is 10.0. The van der Waals surface area contributed by atoms with Crippen molar-refractivity contribution in [2.24, 2.45) is 0 Å². The van der Waals surface area contributed by atoms with Crippen LogP contribution in [0.15, 0.2) is 0 Å². The van der Waals surface area contributed by atoms with E-state index < -0.39 is 11.6 Å². The lowest BCUT2D eigenvalue weighted by Gasteiger charge is -2.18. The monoisotopic (exact) mass is 243 g/mol. The highest BCUT2D eigenvalue weighted by Crippen LogP contribution is 2.07. The van der Waals surface area contributed by atoms with Crippen LogP contribution in [0.1, 0.15) is 53.9 Å². The third-order valence-corrected chi connectivity index (χ3v) is 1.49. The fourth-order valence-corrected chi connectivity index (χ4v) is 0.758. The van der Waals surface area contributed by atoms with E-state index in [4.69, 9.17) is 4.74 Å². The zero-order valence-electron chi connectivity index (χ0n) is 11.5. The Labute approximate surface area is 104 Å². The fraction of sp³-hybridized carbons (Fsp3) is 0.692. The molecule has 0 amide bonds. The Balaban J connectivity index is 0. The highest BCUT2D eigenvalue weighted by atomic mass is 16.6. The van der Waals surface area contributed by atoms with Gasteiger partial charge >= 0.3 is 5.97 Å². The van der Waals surface area contributed by atoms with Crippen molar-refractivity contribution in [2.45, 2.75) is 59.5 Å². The topological polar surface area (TPSA) is 60.4 Å². The summed E-state index contributed by atoms with van der Waals surface area (Å²) < 4.78 is 4.89. The molecule has 0 aromatic carbocycles. The van der Waals surface area contributed by atoms with Gasteiger partial charge in [-0.3, -0.25) is 14.4 Å². The summed E-state index contributed by atoms with van der Waals surface area (Å²) in [5, 5.41) is 0. The Bertz CT molecular complexity index is 255. The third kappa shape index (κ3) is 17.4. The summed E-state index contributed by atoms with van der Waals surface area (Å²) in [6, 6.07) is 0. The van der Waals surface area contributed by atoms with Crippen molar-refractivity contribution < 1.29 is 19.1 Å². The molecule has 4 nitrogen and oxygen atoms in total. The number of Topliss-reactive ketones (excluding diaryl/α,β-unsaturated/α-hetero) is 2. The van der Waals surface area contributed by atoms with E-state index in [9.17, 15) is 14.4 Å². The molecular formula is C13H23O4. The SMILES string of the molecule is CC(=O)CC(=O)OC(C)(C)C.[CH2]CC(=O)CC. The molecule has 99 valence electrons. The lowest BCUT2D eigenvalue weighted by atomic mass is 10.2. The van der Waals surface area contributed by atoms with Crippen LogP contribution in [0.2, 0.25) is 0 Å². The van der Waals surface area contributed by atoms with Crippen LogP contribution in [0.3, 0.4) is 0 Å². The molecule has 0 aliphatic carbocycles. The fourth-order valence-electron chi connectivity index (χ4n) is 0.758. The first-order valence-corrected chi connectivity index (χ1v) is 5.64. The van der Waals surface area contributed by atoms with Crippen molar-refractivity contribution in [1.29, 1.82) is 0 Å². The van der Waals surface area contributed by atoms with E-state index in [1.165, 1.54) is 6.92 Å². The van der Waals surface area contributed by atoms with Crippen molar-refractivity contribution in [3.05, 3.63) is 6.92 Å². The van der Waals surface area contributed by atoms with Crippen LogP contribution < -0.4 is 0 Å². The number of esters is 1. The van der Waals surface area contributed by atoms with Gasteiger partial charge in [-0.1, -0.05) is 6.92 Å². The van der Waals surface area contributed by atoms with Gasteiger partial charge in [0.05, 0.1) is 0 Å². The molecule has 0 unspecified atom stereocenters. The third-order valence-electron chi connectivity index (χ3n) is 1.49. The van der Waals surface area contributed by atoms with E-state index in [1.54, 1.807) is 20.8 Å². The minimum Gasteiger partial charge on any atom is -0.460 e. The van der Waals surface area contributed by atoms with Crippen molar-refractivity contribution in [3.8, 4) is 0 Å². The predicted octanol–water partition coefficient (Wildman–Crippen LogP) is 2.50. The van der Waals surface area contributed by atoms with Crippen molar-refractivity contribution in [2.75, 3.05) is 0 Å². The Kier molecular flexibility index (Phi) is 9.52. The van der Waals surface area contributed by atoms with Crippen LogP contribution >= 0.6 is 0 Å². The second kappa shape index (κ2) is 8.90. The first kappa shape index (κ1) is 18.2. The molecule has 0 heterocycles. The lowest BCUT2D eigenvalue weighted by molar-refractivity contribution is -0.155. The van der Waals surface area contributed by atoms with Gasteiger partial charge in [0.15, 0.2) is 0 Å². The van der Waals surface area contributed by atoms with Crippen LogP contribution in [-0.2, 0) is 19.1 Å². The van der Waals surface area contributed by atoms with Crippen molar-refractivity contribution in [3.63, 3.8) is 0 Å². The maximum Gasteiger partial charge on any atom is 0.313 e. The van der Waals surface area contributed by atoms with Gasteiger partial charge in [0, 0.05) is 12.8 Å². The molecule has 4 heteroatoms. The van der Waals surface area contributed by atoms with Crippen LogP contribution in [0.5, 0.6) is 0 Å². The molecule has 0 aliphatic heterocycles. The Hall–Kier alpha value is -1.19. The number of hydrogen-bond acceptors (Lipinski definition) is 4. The van der Waals surface area contributed by atoms with E-state index in [1.807, 2.05) is 6.92 Å². The molecule has 0 N–H and O–H groups in total. The van der Waals surface area contributed by atoms with Gasteiger partial charge in [-0.15, -0.1) is 0 Å². The standard InChI is InChI=1S/C8H14O3.C5H9O/c1-6(9)5-7(10)11-8(2,3)4;1-3-5(6)4-2/h5H2,1-4H3;1,3-4H2,2H3. The number of hydrogen-bond donors (Lipinski definition) is 0. The van der Waals surface area contributed by atoms with Gasteiger partial charge < -0.3 is 4.74 Å². The van der Waals surface area contributed by atoms with Crippen LogP contribution in [-0.4, -0.2) is 23.1 Å². The molecule has 0 saturated heterocycles. The van der Waals surface area contributed by atoms with Crippen molar-refractivity contribution in [1.82, 2.24) is 0 Å². The van der Waals surface area contributed by atoms with Crippen LogP contribution in [0.4, 0.5) is 0 Å². The quantitative estimate of drug-likeness (QED) is 0.562. The van der Waals surface area contributed by atoms with Gasteiger partial charge in [-0.25, -0.2) is 0 Å². The Morgan fingerprint density at radius 3 is 1.82 bits per heavy atom. The van der Waals surface area contributed by atoms with Gasteiger partial charge in [0.1, 0.15) is 23.6 Å². The molecule has 0 aromatic rings. The van der Waals surface area contributed by atoms with Crippen molar-refractivity contribution >= 4 is 17.5 Å². The molecule has 0 fully saturated rings. The molecule has 0 atom stereocenters. The Morgan fingerprint density at radius 2 is 1.65 bits per heavy atom. The first-order valence-electron chi connectivity index (χ1n) is 5.64. The molecule has 0 aliphatic rings. The van der Waals surface area contributed by atoms with Crippen LogP contribution in [0, 0.1) is 6.92 Å². The average molecular weight is 243 g/mol. The van der Waals surface area contributed by atoms with E-state index in [0.29, 0.717) is 12.8 Å². The highest BCUT2D eigenvalue weighted by molar-refractivity contribution is 5.94. The van der Waals surface area contributed by atoms with Gasteiger partial charge in [0.2, 0.25) is 0 Å². The molecule has 0 rings (SSSR count). The zero-order valence-corrected chi connectivity index (χ0v) is 11.5. The summed E-state index contributed by atoms with van der Waals surface area (Å²) in [6.07, 6.45) is 0.942. The average Bonchev–Trinajstić information content (AvgIpc) is 2.13. The summed E-state index contributed by atoms with van der Waals surface area (Å²) in [5.74, 6) is -0.390. The second-order valence-corrected chi connectivity index (χ2v) is 4.61. The number of carbonyl (C=O) groups is 3. The maximum absolute atomic E-state index is 10.8. The lowest BCUT2D eigenvalue weighted by Crippen LogP contribution is -2.24. The summed E-state index contributed by atoms with van der Waals surface area (Å²) >= 11 is 0. The molecule has 0 spiro atoms. The zero-order chi connectivity index (χ0) is 14.1. The van der Waals surface area contributed by atoms with E-state index in [0.717, 1.165) is 0 Å². The molecule has 0 bridgehead atoms. The van der Waals surface area contributed by atoms with E-state index in [2.05, 4.69) is 6.92 Å². The number of rotatable bonds is 4. The number of ether oxygens (including phenoxy) is 1. The molecule has 0 aromatic heterocycles. The van der Waals surface area contributed by atoms with E-state index >= 15 is 0 Å². The number of ketones is 2. The van der Waals surface area contributed by atoms with Gasteiger partial charge in [-0.2, -0.15) is 0 Å². The molecule has 0 saturated carbocycles. The highest BCUT2D eigenvalue weighted by Gasteiger charge is 2.16. The minimum absolute atomic E-state index is 0.128. The summed E-state index contributed by atoms with van der Waals surface area (Å²) in [6.45, 7) is 11.9. The maximum atomic E-state index is 10.8. The summed E-state index contributed by atoms with van der Waals surface area (Å²) in [7, 11) is 0. The minimum atomic E-state index is -0.494. The largest absolute Gasteiger partial charge is 0.460 e. The number of carbonyl (C=O) groups excluding carboxylic acids is 3.